The van der Waals surface area contributed by atoms with Crippen molar-refractivity contribution in [3.63, 3.8) is 0 Å². The molecular formula is C19H25N7O2. The van der Waals surface area contributed by atoms with Crippen LogP contribution in [0.25, 0.3) is 0 Å². The number of nitrogens with two attached hydrogens (primary N) is 2. The van der Waals surface area contributed by atoms with Crippen LogP contribution >= 0.6 is 0 Å². The third-order valence-electron chi connectivity index (χ3n) is 5.73. The van der Waals surface area contributed by atoms with E-state index in [1.807, 2.05) is 6.20 Å². The highest BCUT2D eigenvalue weighted by Crippen LogP contribution is 2.38. The molecule has 4 rings (SSSR count). The third-order valence-corrected chi connectivity index (χ3v) is 5.73. The Labute approximate surface area is 162 Å². The summed E-state index contributed by atoms with van der Waals surface area (Å²) in [4.78, 5) is 27.9. The van der Waals surface area contributed by atoms with Crippen LogP contribution < -0.4 is 16.8 Å². The first-order chi connectivity index (χ1) is 13.5. The van der Waals surface area contributed by atoms with Gasteiger partial charge in [-0.15, -0.1) is 5.10 Å². The zero-order valence-corrected chi connectivity index (χ0v) is 15.7. The average Bonchev–Trinajstić information content (AvgIpc) is 3.27. The fourth-order valence-corrected chi connectivity index (χ4v) is 3.79. The lowest BCUT2D eigenvalue weighted by Gasteiger charge is -2.29. The summed E-state index contributed by atoms with van der Waals surface area (Å²) >= 11 is 0. The van der Waals surface area contributed by atoms with Crippen molar-refractivity contribution in [2.24, 2.45) is 17.4 Å². The van der Waals surface area contributed by atoms with Crippen LogP contribution in [-0.4, -0.2) is 31.8 Å². The SMILES string of the molecule is NC(=O)c1ccc(C(=O)N[C@H](c2cn(C3(N)CC3)nn2)C2CCCCC2)cn1. The number of nitrogens with zero attached hydrogens (tertiary/aromatic N) is 4. The minimum absolute atomic E-state index is 0.126. The zero-order chi connectivity index (χ0) is 19.7. The number of nitrogens with one attached hydrogen (secondary N) is 1. The number of amides is 2. The van der Waals surface area contributed by atoms with Gasteiger partial charge in [-0.3, -0.25) is 14.6 Å². The van der Waals surface area contributed by atoms with Crippen LogP contribution in [0.2, 0.25) is 0 Å². The number of primary amides is 1. The molecule has 0 aromatic carbocycles. The summed E-state index contributed by atoms with van der Waals surface area (Å²) in [6.45, 7) is 0. The normalized spacial score (nSPS) is 19.8. The maximum atomic E-state index is 12.8. The smallest absolute Gasteiger partial charge is 0.267 e. The molecule has 0 radical (unpaired) electrons. The Bertz CT molecular complexity index is 867. The maximum Gasteiger partial charge on any atom is 0.267 e. The standard InChI is InChI=1S/C19H25N7O2/c20-17(27)14-7-6-13(10-22-14)18(28)23-16(12-4-2-1-3-5-12)15-11-26(25-24-15)19(21)8-9-19/h6-7,10-12,16H,1-5,8-9,21H2,(H2,20,27)(H,23,28)/t16-/m0/s1. The molecule has 9 heteroatoms. The van der Waals surface area contributed by atoms with E-state index in [2.05, 4.69) is 20.6 Å². The van der Waals surface area contributed by atoms with E-state index in [-0.39, 0.29) is 17.6 Å². The molecule has 2 heterocycles. The van der Waals surface area contributed by atoms with Crippen molar-refractivity contribution >= 4 is 11.8 Å². The van der Waals surface area contributed by atoms with Crippen LogP contribution in [0.4, 0.5) is 0 Å². The Morgan fingerprint density at radius 1 is 1.21 bits per heavy atom. The van der Waals surface area contributed by atoms with Crippen LogP contribution in [0.3, 0.4) is 0 Å². The van der Waals surface area contributed by atoms with E-state index in [1.54, 1.807) is 10.7 Å². The number of hydrogen-bond donors (Lipinski definition) is 3. The zero-order valence-electron chi connectivity index (χ0n) is 15.7. The largest absolute Gasteiger partial charge is 0.364 e. The lowest BCUT2D eigenvalue weighted by molar-refractivity contribution is 0.0908. The van der Waals surface area contributed by atoms with Crippen LogP contribution in [0, 0.1) is 5.92 Å². The summed E-state index contributed by atoms with van der Waals surface area (Å²) in [6, 6.07) is 2.77. The van der Waals surface area contributed by atoms with Gasteiger partial charge in [-0.2, -0.15) is 0 Å². The number of carbonyl (C=O) groups is 2. The predicted octanol–water partition coefficient (Wildman–Crippen LogP) is 1.23. The second kappa shape index (κ2) is 7.31. The van der Waals surface area contributed by atoms with Gasteiger partial charge in [0.05, 0.1) is 17.8 Å². The van der Waals surface area contributed by atoms with Gasteiger partial charge < -0.3 is 16.8 Å². The first-order valence-corrected chi connectivity index (χ1v) is 9.75. The first-order valence-electron chi connectivity index (χ1n) is 9.75. The van der Waals surface area contributed by atoms with E-state index in [4.69, 9.17) is 11.5 Å². The highest BCUT2D eigenvalue weighted by molar-refractivity contribution is 5.95. The molecule has 0 saturated heterocycles. The van der Waals surface area contributed by atoms with Crippen molar-refractivity contribution in [2.45, 2.75) is 56.7 Å². The van der Waals surface area contributed by atoms with Gasteiger partial charge in [0.2, 0.25) is 0 Å². The van der Waals surface area contributed by atoms with Crippen molar-refractivity contribution in [1.82, 2.24) is 25.3 Å². The lowest BCUT2D eigenvalue weighted by Crippen LogP contribution is -2.35. The molecule has 0 bridgehead atoms. The Kier molecular flexibility index (Phi) is 4.84. The third kappa shape index (κ3) is 3.75. The fraction of sp³-hybridized carbons (Fsp3) is 0.526. The second-order valence-corrected chi connectivity index (χ2v) is 7.84. The second-order valence-electron chi connectivity index (χ2n) is 7.84. The minimum Gasteiger partial charge on any atom is -0.364 e. The van der Waals surface area contributed by atoms with Gasteiger partial charge in [-0.25, -0.2) is 4.68 Å². The summed E-state index contributed by atoms with van der Waals surface area (Å²) < 4.78 is 1.72. The highest BCUT2D eigenvalue weighted by Gasteiger charge is 2.42. The summed E-state index contributed by atoms with van der Waals surface area (Å²) in [5, 5.41) is 11.6. The van der Waals surface area contributed by atoms with E-state index < -0.39 is 11.6 Å². The molecule has 2 saturated carbocycles. The topological polar surface area (TPSA) is 142 Å². The minimum atomic E-state index is -0.626. The quantitative estimate of drug-likeness (QED) is 0.685. The van der Waals surface area contributed by atoms with E-state index in [0.717, 1.165) is 44.2 Å². The molecule has 0 aliphatic heterocycles. The molecule has 2 aromatic heterocycles. The Balaban J connectivity index is 1.55. The number of rotatable bonds is 6. The molecule has 2 aliphatic rings. The van der Waals surface area contributed by atoms with Gasteiger partial charge in [0.1, 0.15) is 17.1 Å². The molecule has 28 heavy (non-hydrogen) atoms. The monoisotopic (exact) mass is 383 g/mol. The van der Waals surface area contributed by atoms with Crippen LogP contribution in [0.15, 0.2) is 24.5 Å². The summed E-state index contributed by atoms with van der Waals surface area (Å²) in [6.07, 6.45) is 10.6. The Hall–Kier alpha value is -2.81. The van der Waals surface area contributed by atoms with Gasteiger partial charge in [-0.05, 0) is 43.7 Å². The highest BCUT2D eigenvalue weighted by atomic mass is 16.2. The average molecular weight is 383 g/mol. The van der Waals surface area contributed by atoms with E-state index in [1.165, 1.54) is 18.7 Å². The molecule has 5 N–H and O–H groups in total. The van der Waals surface area contributed by atoms with Crippen LogP contribution in [0.1, 0.15) is 77.5 Å². The van der Waals surface area contributed by atoms with Crippen molar-refractivity contribution in [3.8, 4) is 0 Å². The van der Waals surface area contributed by atoms with Gasteiger partial charge in [0.25, 0.3) is 11.8 Å². The molecule has 2 amide bonds. The summed E-state index contributed by atoms with van der Waals surface area (Å²) in [5.41, 5.74) is 12.2. The van der Waals surface area contributed by atoms with Crippen molar-refractivity contribution in [3.05, 3.63) is 41.5 Å². The molecule has 2 aromatic rings. The van der Waals surface area contributed by atoms with Crippen molar-refractivity contribution in [2.75, 3.05) is 0 Å². The van der Waals surface area contributed by atoms with Crippen LogP contribution in [0.5, 0.6) is 0 Å². The number of aromatic nitrogens is 4. The van der Waals surface area contributed by atoms with Gasteiger partial charge >= 0.3 is 0 Å². The van der Waals surface area contributed by atoms with E-state index in [9.17, 15) is 9.59 Å². The Morgan fingerprint density at radius 3 is 2.57 bits per heavy atom. The van der Waals surface area contributed by atoms with Crippen molar-refractivity contribution < 1.29 is 9.59 Å². The number of hydrogen-bond acceptors (Lipinski definition) is 6. The number of carbonyl (C=O) groups excluding carboxylic acids is 2. The molecular weight excluding hydrogens is 358 g/mol. The number of pyridine rings is 1. The molecule has 2 aliphatic carbocycles. The van der Waals surface area contributed by atoms with Gasteiger partial charge in [-0.1, -0.05) is 24.5 Å². The van der Waals surface area contributed by atoms with Gasteiger partial charge in [0, 0.05) is 6.20 Å². The molecule has 148 valence electrons. The summed E-state index contributed by atoms with van der Waals surface area (Å²) in [7, 11) is 0. The van der Waals surface area contributed by atoms with E-state index in [0.29, 0.717) is 11.5 Å². The molecule has 2 fully saturated rings. The maximum absolute atomic E-state index is 12.8. The predicted molar refractivity (Wildman–Crippen MR) is 101 cm³/mol. The Morgan fingerprint density at radius 2 is 1.96 bits per heavy atom. The van der Waals surface area contributed by atoms with E-state index >= 15 is 0 Å². The van der Waals surface area contributed by atoms with Crippen LogP contribution in [-0.2, 0) is 5.66 Å². The van der Waals surface area contributed by atoms with Crippen molar-refractivity contribution in [1.29, 1.82) is 0 Å². The van der Waals surface area contributed by atoms with Gasteiger partial charge in [0.15, 0.2) is 0 Å². The summed E-state index contributed by atoms with van der Waals surface area (Å²) in [5.74, 6) is -0.587. The first kappa shape index (κ1) is 18.5. The molecule has 1 atom stereocenters. The molecule has 0 unspecified atom stereocenters. The molecule has 0 spiro atoms. The lowest BCUT2D eigenvalue weighted by atomic mass is 9.82. The molecule has 9 nitrogen and oxygen atoms in total. The fourth-order valence-electron chi connectivity index (χ4n) is 3.79.